The molecule has 0 radical (unpaired) electrons. The highest BCUT2D eigenvalue weighted by Gasteiger charge is 2.19. The molecule has 0 saturated heterocycles. The number of hydrogen-bond donors (Lipinski definition) is 0. The van der Waals surface area contributed by atoms with Crippen LogP contribution in [-0.2, 0) is 6.54 Å². The van der Waals surface area contributed by atoms with Gasteiger partial charge in [0.15, 0.2) is 22.5 Å². The van der Waals surface area contributed by atoms with Gasteiger partial charge in [-0.25, -0.2) is 28.4 Å². The molecule has 0 amide bonds. The fraction of sp³-hybridized carbons (Fsp3) is 0.0625. The lowest BCUT2D eigenvalue weighted by Crippen LogP contribution is -2.06. The van der Waals surface area contributed by atoms with Crippen molar-refractivity contribution in [3.8, 4) is 23.2 Å². The first kappa shape index (κ1) is 16.3. The fourth-order valence-electron chi connectivity index (χ4n) is 2.31. The van der Waals surface area contributed by atoms with Crippen LogP contribution in [0.25, 0.3) is 23.2 Å². The van der Waals surface area contributed by atoms with Crippen molar-refractivity contribution in [3.63, 3.8) is 0 Å². The molecule has 3 aromatic heterocycles. The van der Waals surface area contributed by atoms with Crippen molar-refractivity contribution in [1.29, 1.82) is 0 Å². The van der Waals surface area contributed by atoms with Crippen LogP contribution >= 0.6 is 11.6 Å². The molecule has 10 heteroatoms. The molecule has 0 bridgehead atoms. The van der Waals surface area contributed by atoms with Crippen LogP contribution in [0.3, 0.4) is 0 Å². The van der Waals surface area contributed by atoms with Crippen LogP contribution < -0.4 is 0 Å². The van der Waals surface area contributed by atoms with Crippen LogP contribution in [0.2, 0.25) is 5.15 Å². The summed E-state index contributed by atoms with van der Waals surface area (Å²) in [5, 5.41) is 7.78. The van der Waals surface area contributed by atoms with Crippen molar-refractivity contribution in [2.75, 3.05) is 0 Å². The third-order valence-electron chi connectivity index (χ3n) is 3.52. The summed E-state index contributed by atoms with van der Waals surface area (Å²) in [5.41, 5.74) is 0.806. The second-order valence-corrected chi connectivity index (χ2v) is 5.58. The van der Waals surface area contributed by atoms with E-state index in [-0.39, 0.29) is 29.2 Å². The third kappa shape index (κ3) is 3.04. The van der Waals surface area contributed by atoms with Gasteiger partial charge in [-0.1, -0.05) is 35.0 Å². The zero-order valence-electron chi connectivity index (χ0n) is 13.0. The lowest BCUT2D eigenvalue weighted by Gasteiger charge is -2.05. The predicted octanol–water partition coefficient (Wildman–Crippen LogP) is 3.37. The van der Waals surface area contributed by atoms with Gasteiger partial charge in [0.1, 0.15) is 12.1 Å². The average Bonchev–Trinajstić information content (AvgIpc) is 3.29. The predicted molar refractivity (Wildman–Crippen MR) is 87.0 cm³/mol. The van der Waals surface area contributed by atoms with Crippen molar-refractivity contribution in [1.82, 2.24) is 29.9 Å². The van der Waals surface area contributed by atoms with Crippen LogP contribution in [0.15, 0.2) is 47.3 Å². The van der Waals surface area contributed by atoms with Gasteiger partial charge in [-0.05, 0) is 6.07 Å². The minimum Gasteiger partial charge on any atom is -0.364 e. The van der Waals surface area contributed by atoms with E-state index in [4.69, 9.17) is 16.1 Å². The Morgan fingerprint density at radius 1 is 1.04 bits per heavy atom. The van der Waals surface area contributed by atoms with Crippen LogP contribution in [0.4, 0.5) is 8.78 Å². The van der Waals surface area contributed by atoms with E-state index >= 15 is 0 Å². The molecule has 0 N–H and O–H groups in total. The van der Waals surface area contributed by atoms with E-state index in [2.05, 4.69) is 25.2 Å². The maximum atomic E-state index is 14.0. The molecular weight excluding hydrogens is 366 g/mol. The molecule has 4 aromatic rings. The van der Waals surface area contributed by atoms with Gasteiger partial charge in [-0.15, -0.1) is 5.10 Å². The highest BCUT2D eigenvalue weighted by molar-refractivity contribution is 6.29. The maximum absolute atomic E-state index is 14.0. The topological polar surface area (TPSA) is 82.5 Å². The summed E-state index contributed by atoms with van der Waals surface area (Å²) in [4.78, 5) is 12.0. The first-order valence-corrected chi connectivity index (χ1v) is 7.77. The van der Waals surface area contributed by atoms with E-state index in [0.29, 0.717) is 17.1 Å². The molecule has 0 fully saturated rings. The molecule has 130 valence electrons. The maximum Gasteiger partial charge on any atom is 0.219 e. The van der Waals surface area contributed by atoms with Gasteiger partial charge in [-0.3, -0.25) is 0 Å². The Morgan fingerprint density at radius 2 is 1.88 bits per heavy atom. The Morgan fingerprint density at radius 3 is 2.62 bits per heavy atom. The third-order valence-corrected chi connectivity index (χ3v) is 3.78. The molecule has 0 spiro atoms. The van der Waals surface area contributed by atoms with Gasteiger partial charge in [0.2, 0.25) is 11.6 Å². The van der Waals surface area contributed by atoms with Crippen molar-refractivity contribution in [2.45, 2.75) is 6.54 Å². The molecule has 26 heavy (non-hydrogen) atoms. The Hall–Kier alpha value is -3.20. The molecule has 1 aromatic carbocycles. The van der Waals surface area contributed by atoms with E-state index in [1.54, 1.807) is 24.3 Å². The van der Waals surface area contributed by atoms with E-state index in [1.807, 2.05) is 0 Å². The van der Waals surface area contributed by atoms with Gasteiger partial charge >= 0.3 is 0 Å². The molecule has 0 saturated carbocycles. The summed E-state index contributed by atoms with van der Waals surface area (Å²) in [6.07, 6.45) is 2.31. The second kappa shape index (κ2) is 6.60. The highest BCUT2D eigenvalue weighted by atomic mass is 35.5. The Balaban J connectivity index is 1.80. The Kier molecular flexibility index (Phi) is 4.13. The molecule has 4 rings (SSSR count). The van der Waals surface area contributed by atoms with Gasteiger partial charge in [0.05, 0.1) is 12.7 Å². The standard InChI is InChI=1S/C16H9ClF2N6O/c17-13-11(19)7-20-14(21-13)15-22-16(12-5-6-26-24-12)25(23-15)8-9-3-1-2-4-10(9)18/h1-7H,8H2. The van der Waals surface area contributed by atoms with E-state index in [0.717, 1.165) is 6.20 Å². The molecular formula is C16H9ClF2N6O. The summed E-state index contributed by atoms with van der Waals surface area (Å²) in [6.45, 7) is 0.0940. The molecule has 0 aliphatic rings. The summed E-state index contributed by atoms with van der Waals surface area (Å²) < 4.78 is 33.6. The molecule has 0 atom stereocenters. The fourth-order valence-corrected chi connectivity index (χ4v) is 2.44. The molecule has 0 aliphatic carbocycles. The quantitative estimate of drug-likeness (QED) is 0.509. The number of rotatable bonds is 4. The average molecular weight is 375 g/mol. The number of halogens is 3. The minimum absolute atomic E-state index is 0.0356. The summed E-state index contributed by atoms with van der Waals surface area (Å²) >= 11 is 5.70. The minimum atomic E-state index is -0.752. The number of aromatic nitrogens is 6. The number of nitrogens with zero attached hydrogens (tertiary/aromatic N) is 6. The van der Waals surface area contributed by atoms with E-state index in [9.17, 15) is 8.78 Å². The zero-order valence-corrected chi connectivity index (χ0v) is 13.7. The van der Waals surface area contributed by atoms with Crippen LogP contribution in [-0.4, -0.2) is 29.9 Å². The first-order valence-electron chi connectivity index (χ1n) is 7.39. The van der Waals surface area contributed by atoms with Crippen molar-refractivity contribution in [2.24, 2.45) is 0 Å². The largest absolute Gasteiger partial charge is 0.364 e. The summed E-state index contributed by atoms with van der Waals surface area (Å²) in [5.74, 6) is -0.676. The number of hydrogen-bond acceptors (Lipinski definition) is 6. The Bertz CT molecular complexity index is 1070. The Labute approximate surface area is 150 Å². The lowest BCUT2D eigenvalue weighted by molar-refractivity contribution is 0.421. The van der Waals surface area contributed by atoms with Crippen LogP contribution in [0.5, 0.6) is 0 Å². The molecule has 7 nitrogen and oxygen atoms in total. The smallest absolute Gasteiger partial charge is 0.219 e. The highest BCUT2D eigenvalue weighted by Crippen LogP contribution is 2.22. The summed E-state index contributed by atoms with van der Waals surface area (Å²) in [6, 6.07) is 7.89. The van der Waals surface area contributed by atoms with Crippen LogP contribution in [0, 0.1) is 11.6 Å². The first-order chi connectivity index (χ1) is 12.6. The number of benzene rings is 1. The monoisotopic (exact) mass is 374 g/mol. The second-order valence-electron chi connectivity index (χ2n) is 5.23. The molecule has 3 heterocycles. The van der Waals surface area contributed by atoms with E-state index < -0.39 is 5.82 Å². The SMILES string of the molecule is Fc1ccccc1Cn1nc(-c2ncc(F)c(Cl)n2)nc1-c1ccon1. The lowest BCUT2D eigenvalue weighted by atomic mass is 10.2. The van der Waals surface area contributed by atoms with Crippen LogP contribution in [0.1, 0.15) is 5.56 Å². The van der Waals surface area contributed by atoms with Crippen molar-refractivity contribution < 1.29 is 13.3 Å². The van der Waals surface area contributed by atoms with Gasteiger partial charge in [-0.2, -0.15) is 0 Å². The van der Waals surface area contributed by atoms with Gasteiger partial charge in [0, 0.05) is 11.6 Å². The summed E-state index contributed by atoms with van der Waals surface area (Å²) in [7, 11) is 0. The van der Waals surface area contributed by atoms with Crippen molar-refractivity contribution in [3.05, 3.63) is 65.1 Å². The molecule has 0 aliphatic heterocycles. The van der Waals surface area contributed by atoms with Gasteiger partial charge < -0.3 is 4.52 Å². The zero-order chi connectivity index (χ0) is 18.1. The van der Waals surface area contributed by atoms with Gasteiger partial charge in [0.25, 0.3) is 0 Å². The normalized spacial score (nSPS) is 11.0. The molecule has 0 unspecified atom stereocenters. The van der Waals surface area contributed by atoms with Crippen molar-refractivity contribution >= 4 is 11.6 Å². The van der Waals surface area contributed by atoms with E-state index in [1.165, 1.54) is 17.0 Å².